The topological polar surface area (TPSA) is 40.1 Å². The Hall–Kier alpha value is -1.30. The first-order chi connectivity index (χ1) is 8.97. The van der Waals surface area contributed by atoms with Crippen LogP contribution in [0.3, 0.4) is 0 Å². The van der Waals surface area contributed by atoms with Crippen molar-refractivity contribution in [2.24, 2.45) is 0 Å². The molecule has 0 heterocycles. The second kappa shape index (κ2) is 6.92. The number of carboxylic acids is 1. The molecule has 0 aromatic heterocycles. The van der Waals surface area contributed by atoms with Crippen molar-refractivity contribution in [1.29, 1.82) is 0 Å². The summed E-state index contributed by atoms with van der Waals surface area (Å²) in [4.78, 5) is 10.4. The summed E-state index contributed by atoms with van der Waals surface area (Å²) in [6, 6.07) is 6.41. The maximum atomic E-state index is 13.8. The third kappa shape index (κ3) is 3.85. The standard InChI is InChI=1S/C14H9F3O2.Na/c15-9-2-4-11(13(17)7-9)10-3-1-8(5-12(10)16)6-14(18)19;/h1-5,7H,6H2,(H,18,19);/q;+1/p-1. The molecule has 0 bridgehead atoms. The van der Waals surface area contributed by atoms with E-state index in [1.54, 1.807) is 0 Å². The summed E-state index contributed by atoms with van der Waals surface area (Å²) in [5.41, 5.74) is 0.0715. The number of carbonyl (C=O) groups excluding carboxylic acids is 1. The Morgan fingerprint density at radius 2 is 1.50 bits per heavy atom. The van der Waals surface area contributed by atoms with Crippen LogP contribution >= 0.6 is 0 Å². The Bertz CT molecular complexity index is 644. The van der Waals surface area contributed by atoms with E-state index in [0.29, 0.717) is 6.07 Å². The van der Waals surface area contributed by atoms with Gasteiger partial charge in [0.2, 0.25) is 0 Å². The molecule has 0 unspecified atom stereocenters. The Morgan fingerprint density at radius 1 is 0.950 bits per heavy atom. The zero-order valence-corrected chi connectivity index (χ0v) is 12.6. The second-order valence-electron chi connectivity index (χ2n) is 3.99. The van der Waals surface area contributed by atoms with Gasteiger partial charge in [-0.1, -0.05) is 12.1 Å². The molecule has 0 saturated heterocycles. The van der Waals surface area contributed by atoms with Gasteiger partial charge >= 0.3 is 29.6 Å². The molecule has 0 N–H and O–H groups in total. The number of carboxylic acid groups (broad SMARTS) is 1. The SMILES string of the molecule is O=C([O-])Cc1ccc(-c2ccc(F)cc2F)c(F)c1.[Na+]. The van der Waals surface area contributed by atoms with Gasteiger partial charge in [-0.2, -0.15) is 0 Å². The Kier molecular flexibility index (Phi) is 5.80. The van der Waals surface area contributed by atoms with E-state index in [4.69, 9.17) is 0 Å². The van der Waals surface area contributed by atoms with E-state index in [9.17, 15) is 23.1 Å². The molecule has 2 aromatic rings. The molecule has 98 valence electrons. The van der Waals surface area contributed by atoms with Gasteiger partial charge in [-0.05, 0) is 23.8 Å². The Balaban J connectivity index is 0.00000200. The predicted molar refractivity (Wildman–Crippen MR) is 60.5 cm³/mol. The summed E-state index contributed by atoms with van der Waals surface area (Å²) < 4.78 is 40.1. The molecule has 20 heavy (non-hydrogen) atoms. The van der Waals surface area contributed by atoms with Crippen molar-refractivity contribution >= 4 is 5.97 Å². The summed E-state index contributed by atoms with van der Waals surface area (Å²) in [5, 5.41) is 10.4. The maximum absolute atomic E-state index is 13.8. The van der Waals surface area contributed by atoms with Crippen molar-refractivity contribution in [2.75, 3.05) is 0 Å². The summed E-state index contributed by atoms with van der Waals surface area (Å²) in [6.45, 7) is 0. The number of benzene rings is 2. The molecule has 0 amide bonds. The van der Waals surface area contributed by atoms with Crippen LogP contribution in [0.25, 0.3) is 11.1 Å². The monoisotopic (exact) mass is 288 g/mol. The third-order valence-electron chi connectivity index (χ3n) is 2.60. The van der Waals surface area contributed by atoms with Crippen molar-refractivity contribution in [3.05, 3.63) is 59.4 Å². The van der Waals surface area contributed by atoms with Crippen LogP contribution in [-0.2, 0) is 11.2 Å². The van der Waals surface area contributed by atoms with Crippen molar-refractivity contribution in [3.8, 4) is 11.1 Å². The Morgan fingerprint density at radius 3 is 2.00 bits per heavy atom. The number of carbonyl (C=O) groups is 1. The van der Waals surface area contributed by atoms with Crippen molar-refractivity contribution in [2.45, 2.75) is 6.42 Å². The summed E-state index contributed by atoms with van der Waals surface area (Å²) in [5.74, 6) is -3.74. The van der Waals surface area contributed by atoms with Crippen LogP contribution < -0.4 is 34.7 Å². The van der Waals surface area contributed by atoms with E-state index in [1.807, 2.05) is 0 Å². The zero-order chi connectivity index (χ0) is 14.0. The molecule has 0 saturated carbocycles. The average molecular weight is 288 g/mol. The first-order valence-electron chi connectivity index (χ1n) is 5.41. The van der Waals surface area contributed by atoms with Gasteiger partial charge < -0.3 is 9.90 Å². The van der Waals surface area contributed by atoms with Crippen molar-refractivity contribution < 1.29 is 52.6 Å². The fourth-order valence-electron chi connectivity index (χ4n) is 1.76. The molecule has 0 aliphatic carbocycles. The normalized spacial score (nSPS) is 9.95. The van der Waals surface area contributed by atoms with Crippen LogP contribution in [0.5, 0.6) is 0 Å². The second-order valence-corrected chi connectivity index (χ2v) is 3.99. The van der Waals surface area contributed by atoms with E-state index >= 15 is 0 Å². The molecule has 0 spiro atoms. The van der Waals surface area contributed by atoms with Gasteiger partial charge in [0.15, 0.2) is 0 Å². The van der Waals surface area contributed by atoms with Crippen molar-refractivity contribution in [1.82, 2.24) is 0 Å². The third-order valence-corrected chi connectivity index (χ3v) is 2.60. The first kappa shape index (κ1) is 16.8. The van der Waals surface area contributed by atoms with Crippen LogP contribution in [0.1, 0.15) is 5.56 Å². The molecule has 0 radical (unpaired) electrons. The van der Waals surface area contributed by atoms with E-state index < -0.39 is 29.8 Å². The minimum atomic E-state index is -1.33. The molecule has 2 aromatic carbocycles. The van der Waals surface area contributed by atoms with Crippen LogP contribution in [-0.4, -0.2) is 5.97 Å². The molecule has 0 atom stereocenters. The van der Waals surface area contributed by atoms with E-state index in [1.165, 1.54) is 12.1 Å². The van der Waals surface area contributed by atoms with Crippen molar-refractivity contribution in [3.63, 3.8) is 0 Å². The molecule has 6 heteroatoms. The first-order valence-corrected chi connectivity index (χ1v) is 5.41. The van der Waals surface area contributed by atoms with Gasteiger partial charge in [-0.3, -0.25) is 0 Å². The summed E-state index contributed by atoms with van der Waals surface area (Å²) >= 11 is 0. The van der Waals surface area contributed by atoms with E-state index in [0.717, 1.165) is 18.2 Å². The average Bonchev–Trinajstić information content (AvgIpc) is 2.30. The van der Waals surface area contributed by atoms with Gasteiger partial charge in [-0.15, -0.1) is 0 Å². The zero-order valence-electron chi connectivity index (χ0n) is 10.6. The van der Waals surface area contributed by atoms with Gasteiger partial charge in [0, 0.05) is 29.6 Å². The fourth-order valence-corrected chi connectivity index (χ4v) is 1.76. The van der Waals surface area contributed by atoms with Crippen LogP contribution in [0.4, 0.5) is 13.2 Å². The smallest absolute Gasteiger partial charge is 0.550 e. The number of aliphatic carboxylic acids is 1. The largest absolute Gasteiger partial charge is 1.00 e. The number of hydrogen-bond donors (Lipinski definition) is 0. The minimum absolute atomic E-state index is 0. The molecule has 0 aliphatic heterocycles. The maximum Gasteiger partial charge on any atom is 1.00 e. The van der Waals surface area contributed by atoms with Crippen LogP contribution in [0.2, 0.25) is 0 Å². The molecule has 0 aliphatic rings. The van der Waals surface area contributed by atoms with E-state index in [-0.39, 0.29) is 46.2 Å². The predicted octanol–water partition coefficient (Wildman–Crippen LogP) is -0.933. The van der Waals surface area contributed by atoms with Crippen LogP contribution in [0, 0.1) is 17.5 Å². The van der Waals surface area contributed by atoms with Gasteiger partial charge in [0.1, 0.15) is 17.5 Å². The van der Waals surface area contributed by atoms with Gasteiger partial charge in [0.05, 0.1) is 0 Å². The summed E-state index contributed by atoms with van der Waals surface area (Å²) in [6.07, 6.45) is -0.427. The van der Waals surface area contributed by atoms with Crippen LogP contribution in [0.15, 0.2) is 36.4 Å². The molecule has 2 rings (SSSR count). The molecule has 2 nitrogen and oxygen atoms in total. The minimum Gasteiger partial charge on any atom is -0.550 e. The van der Waals surface area contributed by atoms with Gasteiger partial charge in [-0.25, -0.2) is 13.2 Å². The molecular weight excluding hydrogens is 280 g/mol. The quantitative estimate of drug-likeness (QED) is 0.685. The number of halogens is 3. The fraction of sp³-hybridized carbons (Fsp3) is 0.0714. The molecule has 0 fully saturated rings. The molecular formula is C14H8F3NaO2. The number of hydrogen-bond acceptors (Lipinski definition) is 2. The Labute approximate surface area is 135 Å². The van der Waals surface area contributed by atoms with E-state index in [2.05, 4.69) is 0 Å². The number of rotatable bonds is 3. The summed E-state index contributed by atoms with van der Waals surface area (Å²) in [7, 11) is 0. The van der Waals surface area contributed by atoms with Gasteiger partial charge in [0.25, 0.3) is 0 Å².